The lowest BCUT2D eigenvalue weighted by molar-refractivity contribution is -0.137. The molecule has 1 aliphatic rings. The van der Waals surface area contributed by atoms with Gasteiger partial charge in [-0.1, -0.05) is 0 Å². The van der Waals surface area contributed by atoms with Crippen LogP contribution in [0.1, 0.15) is 28.8 Å². The Labute approximate surface area is 97.0 Å². The molecule has 2 nitrogen and oxygen atoms in total. The Morgan fingerprint density at radius 1 is 1.18 bits per heavy atom. The zero-order chi connectivity index (χ0) is 12.5. The number of hydrogen-bond donors (Lipinski definition) is 0. The molecule has 2 rings (SSSR count). The van der Waals surface area contributed by atoms with E-state index in [4.69, 9.17) is 0 Å². The summed E-state index contributed by atoms with van der Waals surface area (Å²) >= 11 is 0. The molecule has 17 heavy (non-hydrogen) atoms. The zero-order valence-electron chi connectivity index (χ0n) is 9.13. The third-order valence-electron chi connectivity index (χ3n) is 2.93. The Kier molecular flexibility index (Phi) is 3.09. The molecule has 1 saturated heterocycles. The maximum absolute atomic E-state index is 12.5. The Morgan fingerprint density at radius 2 is 1.82 bits per heavy atom. The predicted molar refractivity (Wildman–Crippen MR) is 58.3 cm³/mol. The van der Waals surface area contributed by atoms with Crippen molar-refractivity contribution in [1.29, 1.82) is 0 Å². The summed E-state index contributed by atoms with van der Waals surface area (Å²) < 4.78 is 37.5. The van der Waals surface area contributed by atoms with Crippen molar-refractivity contribution in [1.82, 2.24) is 0 Å². The predicted octanol–water partition coefficient (Wildman–Crippen LogP) is 3.12. The molecular formula is C12H12F3NO. The number of nitrogens with zero attached hydrogens (tertiary/aromatic N) is 1. The van der Waals surface area contributed by atoms with Gasteiger partial charge in [0.15, 0.2) is 6.29 Å². The molecule has 0 saturated carbocycles. The van der Waals surface area contributed by atoms with E-state index in [-0.39, 0.29) is 5.56 Å². The number of rotatable bonds is 2. The molecule has 1 fully saturated rings. The fourth-order valence-corrected chi connectivity index (χ4v) is 2.07. The second-order valence-corrected chi connectivity index (χ2v) is 4.08. The monoisotopic (exact) mass is 243 g/mol. The number of benzene rings is 1. The lowest BCUT2D eigenvalue weighted by Gasteiger charge is -2.20. The van der Waals surface area contributed by atoms with E-state index >= 15 is 0 Å². The van der Waals surface area contributed by atoms with Crippen molar-refractivity contribution in [2.75, 3.05) is 18.0 Å². The van der Waals surface area contributed by atoms with Gasteiger partial charge in [-0.15, -0.1) is 0 Å². The molecule has 0 aliphatic carbocycles. The minimum Gasteiger partial charge on any atom is -0.371 e. The van der Waals surface area contributed by atoms with Crippen LogP contribution in [0.2, 0.25) is 0 Å². The molecule has 1 heterocycles. The van der Waals surface area contributed by atoms with Crippen LogP contribution in [0, 0.1) is 0 Å². The van der Waals surface area contributed by atoms with E-state index in [9.17, 15) is 18.0 Å². The van der Waals surface area contributed by atoms with Gasteiger partial charge in [-0.2, -0.15) is 13.2 Å². The van der Waals surface area contributed by atoms with Crippen molar-refractivity contribution in [2.45, 2.75) is 19.0 Å². The second-order valence-electron chi connectivity index (χ2n) is 4.08. The molecule has 0 radical (unpaired) electrons. The topological polar surface area (TPSA) is 20.3 Å². The van der Waals surface area contributed by atoms with Crippen molar-refractivity contribution in [3.8, 4) is 0 Å². The summed E-state index contributed by atoms with van der Waals surface area (Å²) in [4.78, 5) is 12.8. The first-order valence-electron chi connectivity index (χ1n) is 5.44. The van der Waals surface area contributed by atoms with Crippen LogP contribution in [-0.2, 0) is 6.18 Å². The average Bonchev–Trinajstić information content (AvgIpc) is 2.80. The minimum absolute atomic E-state index is 0.113. The third-order valence-corrected chi connectivity index (χ3v) is 2.93. The van der Waals surface area contributed by atoms with Crippen molar-refractivity contribution in [3.05, 3.63) is 29.3 Å². The fraction of sp³-hybridized carbons (Fsp3) is 0.417. The van der Waals surface area contributed by atoms with E-state index in [0.29, 0.717) is 12.0 Å². The number of anilines is 1. The highest BCUT2D eigenvalue weighted by Crippen LogP contribution is 2.33. The SMILES string of the molecule is O=Cc1cc(C(F)(F)F)ccc1N1CCCC1. The van der Waals surface area contributed by atoms with Gasteiger partial charge in [-0.3, -0.25) is 4.79 Å². The summed E-state index contributed by atoms with van der Waals surface area (Å²) in [7, 11) is 0. The Morgan fingerprint density at radius 3 is 2.35 bits per heavy atom. The number of hydrogen-bond acceptors (Lipinski definition) is 2. The first-order valence-corrected chi connectivity index (χ1v) is 5.44. The Bertz CT molecular complexity index is 422. The first kappa shape index (κ1) is 12.0. The van der Waals surface area contributed by atoms with Gasteiger partial charge in [0.1, 0.15) is 0 Å². The molecule has 1 aliphatic heterocycles. The van der Waals surface area contributed by atoms with Crippen LogP contribution in [0.4, 0.5) is 18.9 Å². The van der Waals surface area contributed by atoms with Crippen LogP contribution >= 0.6 is 0 Å². The van der Waals surface area contributed by atoms with E-state index in [0.717, 1.165) is 38.1 Å². The molecule has 0 atom stereocenters. The van der Waals surface area contributed by atoms with Gasteiger partial charge in [-0.05, 0) is 31.0 Å². The quantitative estimate of drug-likeness (QED) is 0.744. The summed E-state index contributed by atoms with van der Waals surface area (Å²) in [5, 5.41) is 0. The van der Waals surface area contributed by atoms with Gasteiger partial charge in [0, 0.05) is 24.3 Å². The van der Waals surface area contributed by atoms with E-state index < -0.39 is 11.7 Å². The Hall–Kier alpha value is -1.52. The number of halogens is 3. The molecule has 0 unspecified atom stereocenters. The van der Waals surface area contributed by atoms with Crippen LogP contribution in [0.25, 0.3) is 0 Å². The average molecular weight is 243 g/mol. The van der Waals surface area contributed by atoms with Gasteiger partial charge >= 0.3 is 6.18 Å². The van der Waals surface area contributed by atoms with Gasteiger partial charge < -0.3 is 4.90 Å². The van der Waals surface area contributed by atoms with Crippen LogP contribution in [-0.4, -0.2) is 19.4 Å². The molecule has 5 heteroatoms. The summed E-state index contributed by atoms with van der Waals surface area (Å²) in [5.74, 6) is 0. The van der Waals surface area contributed by atoms with Crippen LogP contribution in [0.3, 0.4) is 0 Å². The van der Waals surface area contributed by atoms with E-state index in [1.54, 1.807) is 0 Å². The van der Waals surface area contributed by atoms with Gasteiger partial charge in [0.25, 0.3) is 0 Å². The summed E-state index contributed by atoms with van der Waals surface area (Å²) in [6.45, 7) is 1.60. The number of aldehydes is 1. The lowest BCUT2D eigenvalue weighted by atomic mass is 10.1. The minimum atomic E-state index is -4.40. The zero-order valence-corrected chi connectivity index (χ0v) is 9.13. The molecule has 0 N–H and O–H groups in total. The van der Waals surface area contributed by atoms with E-state index in [1.165, 1.54) is 6.07 Å². The van der Waals surface area contributed by atoms with Gasteiger partial charge in [-0.25, -0.2) is 0 Å². The fourth-order valence-electron chi connectivity index (χ4n) is 2.07. The molecule has 92 valence electrons. The van der Waals surface area contributed by atoms with Gasteiger partial charge in [0.05, 0.1) is 5.56 Å². The Balaban J connectivity index is 2.38. The van der Waals surface area contributed by atoms with E-state index in [2.05, 4.69) is 0 Å². The standard InChI is InChI=1S/C12H12F3NO/c13-12(14,15)10-3-4-11(9(7-10)8-17)16-5-1-2-6-16/h3-4,7-8H,1-2,5-6H2. The van der Waals surface area contributed by atoms with Crippen LogP contribution in [0.5, 0.6) is 0 Å². The summed E-state index contributed by atoms with van der Waals surface area (Å²) in [6, 6.07) is 3.33. The summed E-state index contributed by atoms with van der Waals surface area (Å²) in [5.41, 5.74) is -0.0604. The molecule has 0 amide bonds. The largest absolute Gasteiger partial charge is 0.416 e. The summed E-state index contributed by atoms with van der Waals surface area (Å²) in [6.07, 6.45) is -1.89. The molecule has 1 aromatic carbocycles. The highest BCUT2D eigenvalue weighted by atomic mass is 19.4. The van der Waals surface area contributed by atoms with Crippen molar-refractivity contribution < 1.29 is 18.0 Å². The first-order chi connectivity index (χ1) is 8.02. The molecule has 0 spiro atoms. The van der Waals surface area contributed by atoms with Crippen LogP contribution in [0.15, 0.2) is 18.2 Å². The van der Waals surface area contributed by atoms with Gasteiger partial charge in [0.2, 0.25) is 0 Å². The van der Waals surface area contributed by atoms with Crippen molar-refractivity contribution in [3.63, 3.8) is 0 Å². The normalized spacial score (nSPS) is 16.3. The second kappa shape index (κ2) is 4.39. The lowest BCUT2D eigenvalue weighted by Crippen LogP contribution is -2.19. The highest BCUT2D eigenvalue weighted by Gasteiger charge is 2.31. The maximum atomic E-state index is 12.5. The highest BCUT2D eigenvalue weighted by molar-refractivity contribution is 5.85. The van der Waals surface area contributed by atoms with E-state index in [1.807, 2.05) is 4.90 Å². The molecule has 0 aromatic heterocycles. The van der Waals surface area contributed by atoms with Crippen molar-refractivity contribution >= 4 is 12.0 Å². The maximum Gasteiger partial charge on any atom is 0.416 e. The third kappa shape index (κ3) is 2.43. The number of carbonyl (C=O) groups excluding carboxylic acids is 1. The van der Waals surface area contributed by atoms with Crippen molar-refractivity contribution in [2.24, 2.45) is 0 Å². The van der Waals surface area contributed by atoms with Crippen LogP contribution < -0.4 is 4.90 Å². The smallest absolute Gasteiger partial charge is 0.371 e. The number of alkyl halides is 3. The number of carbonyl (C=O) groups is 1. The molecule has 0 bridgehead atoms. The molecule has 1 aromatic rings. The molecular weight excluding hydrogens is 231 g/mol.